The molecule has 3 heterocycles. The van der Waals surface area contributed by atoms with Crippen molar-refractivity contribution >= 4 is 28.9 Å². The number of ether oxygens (including phenoxy) is 1. The normalized spacial score (nSPS) is 14.7. The highest BCUT2D eigenvalue weighted by molar-refractivity contribution is 7.99. The first-order valence-electron chi connectivity index (χ1n) is 10.1. The number of carbonyl (C=O) groups is 1. The van der Waals surface area contributed by atoms with E-state index in [1.807, 2.05) is 43.9 Å². The zero-order chi connectivity index (χ0) is 22.0. The molecule has 0 unspecified atom stereocenters. The molecule has 0 spiro atoms. The number of hydrogen-bond acceptors (Lipinski definition) is 7. The van der Waals surface area contributed by atoms with Crippen molar-refractivity contribution in [2.24, 2.45) is 0 Å². The van der Waals surface area contributed by atoms with E-state index in [2.05, 4.69) is 28.2 Å². The number of thioether (sulfide) groups is 1. The van der Waals surface area contributed by atoms with E-state index in [-0.39, 0.29) is 11.7 Å². The Labute approximate surface area is 185 Å². The van der Waals surface area contributed by atoms with Gasteiger partial charge in [-0.2, -0.15) is 0 Å². The van der Waals surface area contributed by atoms with E-state index in [4.69, 9.17) is 9.15 Å². The summed E-state index contributed by atoms with van der Waals surface area (Å²) >= 11 is 1.22. The Balaban J connectivity index is 1.58. The van der Waals surface area contributed by atoms with Gasteiger partial charge in [0.15, 0.2) is 0 Å². The second-order valence-corrected chi connectivity index (χ2v) is 8.62. The number of nitrogens with zero attached hydrogens (tertiary/aromatic N) is 4. The lowest BCUT2D eigenvalue weighted by Gasteiger charge is -2.42. The molecule has 0 saturated heterocycles. The molecule has 0 N–H and O–H groups in total. The molecular formula is C23H24N4O3S. The molecular weight excluding hydrogens is 412 g/mol. The van der Waals surface area contributed by atoms with Crippen LogP contribution >= 0.6 is 11.8 Å². The third kappa shape index (κ3) is 4.20. The highest BCUT2D eigenvalue weighted by atomic mass is 32.2. The molecule has 8 heteroatoms. The zero-order valence-electron chi connectivity index (χ0n) is 18.0. The third-order valence-electron chi connectivity index (χ3n) is 5.00. The third-order valence-corrected chi connectivity index (χ3v) is 5.80. The van der Waals surface area contributed by atoms with Crippen molar-refractivity contribution < 1.29 is 13.9 Å². The average molecular weight is 437 g/mol. The summed E-state index contributed by atoms with van der Waals surface area (Å²) in [5.41, 5.74) is 3.22. The summed E-state index contributed by atoms with van der Waals surface area (Å²) in [7, 11) is 0. The molecule has 1 aromatic carbocycles. The molecule has 1 aliphatic heterocycles. The molecule has 0 aliphatic carbocycles. The SMILES string of the molecule is CCOc1cccc2c1N(C(=O)CSc1nnc(-c3ccncc3)o1)C(C)(C)C=C2C. The van der Waals surface area contributed by atoms with E-state index in [9.17, 15) is 4.79 Å². The first-order chi connectivity index (χ1) is 14.9. The molecule has 7 nitrogen and oxygen atoms in total. The van der Waals surface area contributed by atoms with Crippen molar-refractivity contribution in [3.8, 4) is 17.2 Å². The smallest absolute Gasteiger partial charge is 0.277 e. The van der Waals surface area contributed by atoms with Crippen molar-refractivity contribution in [1.29, 1.82) is 0 Å². The van der Waals surface area contributed by atoms with E-state index in [1.165, 1.54) is 11.8 Å². The van der Waals surface area contributed by atoms with Gasteiger partial charge in [0, 0.05) is 23.5 Å². The maximum absolute atomic E-state index is 13.4. The zero-order valence-corrected chi connectivity index (χ0v) is 18.8. The fraction of sp³-hybridized carbons (Fsp3) is 0.304. The number of para-hydroxylation sites is 1. The van der Waals surface area contributed by atoms with Gasteiger partial charge in [-0.1, -0.05) is 30.0 Å². The van der Waals surface area contributed by atoms with E-state index >= 15 is 0 Å². The summed E-state index contributed by atoms with van der Waals surface area (Å²) in [6.45, 7) is 8.58. The molecule has 0 radical (unpaired) electrons. The maximum atomic E-state index is 13.4. The summed E-state index contributed by atoms with van der Waals surface area (Å²) in [6.07, 6.45) is 5.44. The van der Waals surface area contributed by atoms with E-state index in [0.29, 0.717) is 23.5 Å². The van der Waals surface area contributed by atoms with Crippen LogP contribution in [0.2, 0.25) is 0 Å². The minimum absolute atomic E-state index is 0.0594. The standard InChI is InChI=1S/C23H24N4O3S/c1-5-29-18-8-6-7-17-15(2)13-23(3,4)27(20(17)18)19(28)14-31-22-26-25-21(30-22)16-9-11-24-12-10-16/h6-13H,5,14H2,1-4H3. The Morgan fingerprint density at radius 2 is 1.97 bits per heavy atom. The minimum Gasteiger partial charge on any atom is -0.492 e. The lowest BCUT2D eigenvalue weighted by atomic mass is 9.88. The van der Waals surface area contributed by atoms with Crippen molar-refractivity contribution in [2.45, 2.75) is 38.5 Å². The molecule has 0 fully saturated rings. The van der Waals surface area contributed by atoms with Gasteiger partial charge in [-0.15, -0.1) is 10.2 Å². The van der Waals surface area contributed by atoms with Gasteiger partial charge >= 0.3 is 0 Å². The summed E-state index contributed by atoms with van der Waals surface area (Å²) in [4.78, 5) is 19.2. The Morgan fingerprint density at radius 3 is 2.71 bits per heavy atom. The van der Waals surface area contributed by atoms with E-state index < -0.39 is 5.54 Å². The van der Waals surface area contributed by atoms with Crippen molar-refractivity contribution in [3.05, 3.63) is 54.4 Å². The first kappa shape index (κ1) is 21.1. The molecule has 2 aromatic heterocycles. The molecule has 160 valence electrons. The number of anilines is 1. The Hall–Kier alpha value is -3.13. The van der Waals surface area contributed by atoms with Gasteiger partial charge in [0.2, 0.25) is 11.8 Å². The summed E-state index contributed by atoms with van der Waals surface area (Å²) < 4.78 is 11.6. The number of carbonyl (C=O) groups excluding carboxylic acids is 1. The van der Waals surface area contributed by atoms with Crippen molar-refractivity contribution in [2.75, 3.05) is 17.3 Å². The lowest BCUT2D eigenvalue weighted by Crippen LogP contribution is -2.50. The Kier molecular flexibility index (Phi) is 5.82. The van der Waals surface area contributed by atoms with E-state index in [0.717, 1.165) is 22.4 Å². The van der Waals surface area contributed by atoms with Crippen LogP contribution in [-0.4, -0.2) is 39.0 Å². The monoisotopic (exact) mass is 436 g/mol. The number of pyridine rings is 1. The topological polar surface area (TPSA) is 81.4 Å². The van der Waals surface area contributed by atoms with Crippen molar-refractivity contribution in [1.82, 2.24) is 15.2 Å². The van der Waals surface area contributed by atoms with Gasteiger partial charge in [-0.25, -0.2) is 0 Å². The molecule has 0 atom stereocenters. The number of hydrogen-bond donors (Lipinski definition) is 0. The maximum Gasteiger partial charge on any atom is 0.277 e. The average Bonchev–Trinajstić information content (AvgIpc) is 3.22. The van der Waals surface area contributed by atoms with Crippen LogP contribution in [0.5, 0.6) is 5.75 Å². The molecule has 4 rings (SSSR count). The van der Waals surface area contributed by atoms with Crippen LogP contribution in [0.3, 0.4) is 0 Å². The minimum atomic E-state index is -0.501. The quantitative estimate of drug-likeness (QED) is 0.511. The molecule has 1 amide bonds. The van der Waals surface area contributed by atoms with Crippen LogP contribution in [0, 0.1) is 0 Å². The molecule has 0 bridgehead atoms. The fourth-order valence-electron chi connectivity index (χ4n) is 3.82. The van der Waals surface area contributed by atoms with Gasteiger partial charge in [0.1, 0.15) is 5.75 Å². The largest absolute Gasteiger partial charge is 0.492 e. The lowest BCUT2D eigenvalue weighted by molar-refractivity contribution is -0.117. The number of amides is 1. The molecule has 3 aromatic rings. The molecule has 1 aliphatic rings. The van der Waals surface area contributed by atoms with E-state index in [1.54, 1.807) is 24.5 Å². The fourth-order valence-corrected chi connectivity index (χ4v) is 4.43. The second-order valence-electron chi connectivity index (χ2n) is 7.69. The van der Waals surface area contributed by atoms with Crippen molar-refractivity contribution in [3.63, 3.8) is 0 Å². The van der Waals surface area contributed by atoms with Crippen LogP contribution in [0.1, 0.15) is 33.3 Å². The first-order valence-corrected chi connectivity index (χ1v) is 11.0. The number of allylic oxidation sites excluding steroid dienone is 1. The van der Waals surface area contributed by atoms with Gasteiger partial charge in [0.25, 0.3) is 5.22 Å². The van der Waals surface area contributed by atoms with Crippen LogP contribution in [0.4, 0.5) is 5.69 Å². The number of aromatic nitrogens is 3. The number of fused-ring (bicyclic) bond motifs is 1. The number of benzene rings is 1. The van der Waals surface area contributed by atoms with Gasteiger partial charge in [-0.05, 0) is 51.5 Å². The van der Waals surface area contributed by atoms with Gasteiger partial charge < -0.3 is 9.15 Å². The number of rotatable bonds is 6. The van der Waals surface area contributed by atoms with Crippen LogP contribution < -0.4 is 9.64 Å². The second kappa shape index (κ2) is 8.55. The predicted octanol–water partition coefficient (Wildman–Crippen LogP) is 4.85. The highest BCUT2D eigenvalue weighted by Gasteiger charge is 2.37. The molecule has 31 heavy (non-hydrogen) atoms. The molecule has 0 saturated carbocycles. The van der Waals surface area contributed by atoms with Crippen LogP contribution in [0.15, 0.2) is 58.4 Å². The summed E-state index contributed by atoms with van der Waals surface area (Å²) in [5.74, 6) is 1.21. The highest BCUT2D eigenvalue weighted by Crippen LogP contribution is 2.44. The summed E-state index contributed by atoms with van der Waals surface area (Å²) in [5, 5.41) is 8.49. The summed E-state index contributed by atoms with van der Waals surface area (Å²) in [6, 6.07) is 9.47. The van der Waals surface area contributed by atoms with Crippen LogP contribution in [-0.2, 0) is 4.79 Å². The Morgan fingerprint density at radius 1 is 1.19 bits per heavy atom. The van der Waals surface area contributed by atoms with Gasteiger partial charge in [-0.3, -0.25) is 14.7 Å². The van der Waals surface area contributed by atoms with Gasteiger partial charge in [0.05, 0.1) is 23.6 Å². The van der Waals surface area contributed by atoms with Crippen LogP contribution in [0.25, 0.3) is 17.0 Å². The predicted molar refractivity (Wildman–Crippen MR) is 121 cm³/mol. The Bertz CT molecular complexity index is 1120.